The zero-order valence-electron chi connectivity index (χ0n) is 11.9. The third kappa shape index (κ3) is 3.79. The summed E-state index contributed by atoms with van der Waals surface area (Å²) in [6.07, 6.45) is 1.94. The van der Waals surface area contributed by atoms with Crippen LogP contribution in [0.3, 0.4) is 0 Å². The zero-order chi connectivity index (χ0) is 15.8. The van der Waals surface area contributed by atoms with Gasteiger partial charge in [-0.1, -0.05) is 22.9 Å². The quantitative estimate of drug-likeness (QED) is 0.721. The van der Waals surface area contributed by atoms with Crippen molar-refractivity contribution >= 4 is 41.6 Å². The van der Waals surface area contributed by atoms with E-state index in [0.29, 0.717) is 34.6 Å². The summed E-state index contributed by atoms with van der Waals surface area (Å²) in [5, 5.41) is 0. The van der Waals surface area contributed by atoms with E-state index in [2.05, 4.69) is 22.9 Å². The van der Waals surface area contributed by atoms with Crippen molar-refractivity contribution in [3.05, 3.63) is 27.7 Å². The molecule has 0 spiro atoms. The topological polar surface area (TPSA) is 54.5 Å². The maximum absolute atomic E-state index is 12.6. The van der Waals surface area contributed by atoms with E-state index in [-0.39, 0.29) is 10.8 Å². The molecule has 21 heavy (non-hydrogen) atoms. The molecule has 1 aliphatic rings. The second-order valence-electron chi connectivity index (χ2n) is 5.49. The van der Waals surface area contributed by atoms with E-state index in [0.717, 1.165) is 12.8 Å². The van der Waals surface area contributed by atoms with Crippen molar-refractivity contribution in [3.8, 4) is 0 Å². The Morgan fingerprint density at radius 2 is 1.90 bits per heavy atom. The Balaban J connectivity index is 2.40. The fraction of sp³-hybridized carbons (Fsp3) is 0.500. The van der Waals surface area contributed by atoms with Crippen LogP contribution in [0.15, 0.2) is 21.5 Å². The van der Waals surface area contributed by atoms with Crippen LogP contribution in [-0.2, 0) is 9.05 Å². The van der Waals surface area contributed by atoms with Crippen LogP contribution in [0, 0.1) is 12.8 Å². The highest BCUT2D eigenvalue weighted by Gasteiger charge is 2.26. The summed E-state index contributed by atoms with van der Waals surface area (Å²) in [7, 11) is 1.56. The average molecular weight is 395 g/mol. The Bertz CT molecular complexity index is 667. The highest BCUT2D eigenvalue weighted by molar-refractivity contribution is 9.10. The van der Waals surface area contributed by atoms with Gasteiger partial charge in [0.1, 0.15) is 0 Å². The first-order chi connectivity index (χ1) is 9.70. The van der Waals surface area contributed by atoms with Crippen molar-refractivity contribution < 1.29 is 13.2 Å². The Morgan fingerprint density at radius 3 is 2.43 bits per heavy atom. The molecule has 1 aliphatic heterocycles. The van der Waals surface area contributed by atoms with E-state index in [1.54, 1.807) is 17.9 Å². The SMILES string of the molecule is Cc1c(C(=O)N2CCC(C)CC2)cc(Br)cc1S(=O)(=O)Cl. The predicted molar refractivity (Wildman–Crippen MR) is 86.2 cm³/mol. The van der Waals surface area contributed by atoms with E-state index in [9.17, 15) is 13.2 Å². The minimum Gasteiger partial charge on any atom is -0.339 e. The van der Waals surface area contributed by atoms with Gasteiger partial charge >= 0.3 is 0 Å². The zero-order valence-corrected chi connectivity index (χ0v) is 15.1. The van der Waals surface area contributed by atoms with E-state index >= 15 is 0 Å². The van der Waals surface area contributed by atoms with E-state index < -0.39 is 9.05 Å². The maximum atomic E-state index is 12.6. The summed E-state index contributed by atoms with van der Waals surface area (Å²) >= 11 is 3.25. The molecule has 0 radical (unpaired) electrons. The molecule has 0 saturated carbocycles. The molecule has 116 valence electrons. The van der Waals surface area contributed by atoms with Crippen LogP contribution in [0.25, 0.3) is 0 Å². The molecular weight excluding hydrogens is 378 g/mol. The van der Waals surface area contributed by atoms with Gasteiger partial charge in [0.2, 0.25) is 0 Å². The number of piperidine rings is 1. The van der Waals surface area contributed by atoms with Crippen LogP contribution in [0.1, 0.15) is 35.7 Å². The summed E-state index contributed by atoms with van der Waals surface area (Å²) in [5.41, 5.74) is 0.787. The Labute approximate surface area is 138 Å². The lowest BCUT2D eigenvalue weighted by Gasteiger charge is -2.31. The largest absolute Gasteiger partial charge is 0.339 e. The second kappa shape index (κ2) is 6.26. The number of rotatable bonds is 2. The molecule has 7 heteroatoms. The Morgan fingerprint density at radius 1 is 1.33 bits per heavy atom. The van der Waals surface area contributed by atoms with Gasteiger partial charge in [0.15, 0.2) is 0 Å². The van der Waals surface area contributed by atoms with Crippen molar-refractivity contribution in [1.82, 2.24) is 4.90 Å². The Kier molecular flexibility index (Phi) is 5.00. The second-order valence-corrected chi connectivity index (χ2v) is 8.94. The molecule has 1 saturated heterocycles. The van der Waals surface area contributed by atoms with Crippen LogP contribution in [0.4, 0.5) is 0 Å². The minimum atomic E-state index is -3.88. The smallest absolute Gasteiger partial charge is 0.261 e. The van der Waals surface area contributed by atoms with Crippen LogP contribution in [0.2, 0.25) is 0 Å². The molecule has 4 nitrogen and oxygen atoms in total. The molecule has 0 atom stereocenters. The van der Waals surface area contributed by atoms with Gasteiger partial charge in [0.05, 0.1) is 4.90 Å². The maximum Gasteiger partial charge on any atom is 0.261 e. The van der Waals surface area contributed by atoms with E-state index in [4.69, 9.17) is 10.7 Å². The lowest BCUT2D eigenvalue weighted by molar-refractivity contribution is 0.0696. The Hall–Kier alpha value is -0.590. The molecule has 0 aliphatic carbocycles. The number of carbonyl (C=O) groups excluding carboxylic acids is 1. The molecule has 0 aromatic heterocycles. The standard InChI is InChI=1S/C14H17BrClNO3S/c1-9-3-5-17(6-4-9)14(18)12-7-11(15)8-13(10(12)2)21(16,19)20/h7-9H,3-6H2,1-2H3. The number of hydrogen-bond acceptors (Lipinski definition) is 3. The normalized spacial score (nSPS) is 17.0. The number of halogens is 2. The third-order valence-electron chi connectivity index (χ3n) is 3.89. The molecule has 0 N–H and O–H groups in total. The number of likely N-dealkylation sites (tertiary alicyclic amines) is 1. The predicted octanol–water partition coefficient (Wildman–Crippen LogP) is 3.56. The molecule has 0 unspecified atom stereocenters. The molecule has 0 bridgehead atoms. The van der Waals surface area contributed by atoms with E-state index in [1.807, 2.05) is 0 Å². The first-order valence-electron chi connectivity index (χ1n) is 6.74. The average Bonchev–Trinajstić information content (AvgIpc) is 2.40. The summed E-state index contributed by atoms with van der Waals surface area (Å²) < 4.78 is 23.8. The fourth-order valence-corrected chi connectivity index (χ4v) is 4.35. The van der Waals surface area contributed by atoms with Crippen molar-refractivity contribution in [2.75, 3.05) is 13.1 Å². The molecule has 2 rings (SSSR count). The van der Waals surface area contributed by atoms with Crippen LogP contribution in [0.5, 0.6) is 0 Å². The lowest BCUT2D eigenvalue weighted by atomic mass is 9.98. The highest BCUT2D eigenvalue weighted by Crippen LogP contribution is 2.29. The molecule has 1 fully saturated rings. The van der Waals surface area contributed by atoms with Crippen LogP contribution < -0.4 is 0 Å². The van der Waals surface area contributed by atoms with Gasteiger partial charge in [-0.05, 0) is 43.4 Å². The van der Waals surface area contributed by atoms with E-state index in [1.165, 1.54) is 6.07 Å². The van der Waals surface area contributed by atoms with Crippen molar-refractivity contribution in [3.63, 3.8) is 0 Å². The monoisotopic (exact) mass is 393 g/mol. The van der Waals surface area contributed by atoms with Gasteiger partial charge in [-0.3, -0.25) is 4.79 Å². The van der Waals surface area contributed by atoms with Gasteiger partial charge < -0.3 is 4.90 Å². The number of amides is 1. The molecule has 1 amide bonds. The van der Waals surface area contributed by atoms with Gasteiger partial charge in [-0.2, -0.15) is 0 Å². The highest BCUT2D eigenvalue weighted by atomic mass is 79.9. The van der Waals surface area contributed by atoms with Gasteiger partial charge in [0.25, 0.3) is 15.0 Å². The summed E-state index contributed by atoms with van der Waals surface area (Å²) in [6, 6.07) is 3.08. The first kappa shape index (κ1) is 16.8. The first-order valence-corrected chi connectivity index (χ1v) is 9.84. The van der Waals surface area contributed by atoms with Crippen LogP contribution >= 0.6 is 26.6 Å². The van der Waals surface area contributed by atoms with Gasteiger partial charge in [0, 0.05) is 33.8 Å². The minimum absolute atomic E-state index is 0.0210. The molecular formula is C14H17BrClNO3S. The molecule has 1 heterocycles. The van der Waals surface area contributed by atoms with Crippen LogP contribution in [-0.4, -0.2) is 32.3 Å². The lowest BCUT2D eigenvalue weighted by Crippen LogP contribution is -2.38. The number of hydrogen-bond donors (Lipinski definition) is 0. The summed E-state index contributed by atoms with van der Waals surface area (Å²) in [4.78, 5) is 14.4. The summed E-state index contributed by atoms with van der Waals surface area (Å²) in [5.74, 6) is 0.485. The van der Waals surface area contributed by atoms with Crippen molar-refractivity contribution in [1.29, 1.82) is 0 Å². The fourth-order valence-electron chi connectivity index (χ4n) is 2.51. The molecule has 1 aromatic rings. The van der Waals surface area contributed by atoms with Gasteiger partial charge in [-0.25, -0.2) is 8.42 Å². The van der Waals surface area contributed by atoms with Crippen molar-refractivity contribution in [2.45, 2.75) is 31.6 Å². The number of benzene rings is 1. The number of nitrogens with zero attached hydrogens (tertiary/aromatic N) is 1. The van der Waals surface area contributed by atoms with Gasteiger partial charge in [-0.15, -0.1) is 0 Å². The number of carbonyl (C=O) groups is 1. The van der Waals surface area contributed by atoms with Crippen molar-refractivity contribution in [2.24, 2.45) is 5.92 Å². The third-order valence-corrected chi connectivity index (χ3v) is 5.79. The molecule has 1 aromatic carbocycles. The summed E-state index contributed by atoms with van der Waals surface area (Å²) in [6.45, 7) is 5.19.